The number of esters is 1. The van der Waals surface area contributed by atoms with Gasteiger partial charge in [-0.1, -0.05) is 60.7 Å². The third-order valence-corrected chi connectivity index (χ3v) is 7.53. The van der Waals surface area contributed by atoms with Crippen LogP contribution in [0.15, 0.2) is 60.7 Å². The van der Waals surface area contributed by atoms with Gasteiger partial charge in [0.15, 0.2) is 5.16 Å². The van der Waals surface area contributed by atoms with Crippen molar-refractivity contribution in [1.82, 2.24) is 0 Å². The van der Waals surface area contributed by atoms with E-state index in [4.69, 9.17) is 13.8 Å². The lowest BCUT2D eigenvalue weighted by Gasteiger charge is -2.38. The van der Waals surface area contributed by atoms with Gasteiger partial charge in [-0.05, 0) is 38.3 Å². The Hall–Kier alpha value is -1.98. The van der Waals surface area contributed by atoms with Crippen LogP contribution in [0.3, 0.4) is 0 Å². The number of hydrogen-bond acceptors (Lipinski definition) is 6. The van der Waals surface area contributed by atoms with Gasteiger partial charge in [-0.2, -0.15) is 0 Å². The van der Waals surface area contributed by atoms with E-state index in [-0.39, 0.29) is 32.7 Å². The molecule has 7 heteroatoms. The SMILES string of the molecule is CCOC(=O)C(CC(O)Cc1ccccc1)(c1ccccc1)P(=O)(OCC)OCC. The zero-order valence-corrected chi connectivity index (χ0v) is 18.7. The summed E-state index contributed by atoms with van der Waals surface area (Å²) in [5.41, 5.74) is 1.33. The van der Waals surface area contributed by atoms with Gasteiger partial charge >= 0.3 is 13.6 Å². The van der Waals surface area contributed by atoms with Gasteiger partial charge in [-0.15, -0.1) is 0 Å². The number of ether oxygens (including phenoxy) is 1. The molecule has 2 aromatic carbocycles. The average Bonchev–Trinajstić information content (AvgIpc) is 2.73. The van der Waals surface area contributed by atoms with Crippen LogP contribution >= 0.6 is 7.60 Å². The Bertz CT molecular complexity index is 816. The van der Waals surface area contributed by atoms with E-state index < -0.39 is 24.8 Å². The molecule has 0 saturated heterocycles. The van der Waals surface area contributed by atoms with Gasteiger partial charge in [0.25, 0.3) is 0 Å². The number of aliphatic hydroxyl groups excluding tert-OH is 1. The molecule has 2 unspecified atom stereocenters. The zero-order chi connectivity index (χ0) is 22.0. The number of rotatable bonds is 12. The Labute approximate surface area is 178 Å². The summed E-state index contributed by atoms with van der Waals surface area (Å²) in [6.45, 7) is 5.32. The molecule has 0 bridgehead atoms. The minimum Gasteiger partial charge on any atom is -0.465 e. The average molecular weight is 434 g/mol. The van der Waals surface area contributed by atoms with Crippen molar-refractivity contribution in [3.63, 3.8) is 0 Å². The van der Waals surface area contributed by atoms with Gasteiger partial charge in [0.1, 0.15) is 0 Å². The highest BCUT2D eigenvalue weighted by atomic mass is 31.2. The Morgan fingerprint density at radius 1 is 0.933 bits per heavy atom. The van der Waals surface area contributed by atoms with Crippen molar-refractivity contribution in [2.45, 2.75) is 44.9 Å². The Morgan fingerprint density at radius 3 is 1.97 bits per heavy atom. The van der Waals surface area contributed by atoms with Crippen LogP contribution in [0, 0.1) is 0 Å². The van der Waals surface area contributed by atoms with E-state index in [1.54, 1.807) is 51.1 Å². The van der Waals surface area contributed by atoms with Gasteiger partial charge < -0.3 is 18.9 Å². The fraction of sp³-hybridized carbons (Fsp3) is 0.435. The number of hydrogen-bond donors (Lipinski definition) is 1. The first-order valence-electron chi connectivity index (χ1n) is 10.3. The molecule has 0 spiro atoms. The zero-order valence-electron chi connectivity index (χ0n) is 17.8. The van der Waals surface area contributed by atoms with Crippen LogP contribution in [0.1, 0.15) is 38.3 Å². The van der Waals surface area contributed by atoms with Crippen molar-refractivity contribution in [3.8, 4) is 0 Å². The molecule has 2 rings (SSSR count). The lowest BCUT2D eigenvalue weighted by Crippen LogP contribution is -2.42. The van der Waals surface area contributed by atoms with Crippen LogP contribution in [0.4, 0.5) is 0 Å². The molecule has 6 nitrogen and oxygen atoms in total. The summed E-state index contributed by atoms with van der Waals surface area (Å²) in [5.74, 6) is -0.728. The second-order valence-electron chi connectivity index (χ2n) is 6.83. The highest BCUT2D eigenvalue weighted by Gasteiger charge is 2.60. The van der Waals surface area contributed by atoms with Crippen molar-refractivity contribution in [2.75, 3.05) is 19.8 Å². The van der Waals surface area contributed by atoms with Crippen LogP contribution < -0.4 is 0 Å². The van der Waals surface area contributed by atoms with E-state index in [0.717, 1.165) is 5.56 Å². The number of carbonyl (C=O) groups excluding carboxylic acids is 1. The largest absolute Gasteiger partial charge is 0.465 e. The number of benzene rings is 2. The van der Waals surface area contributed by atoms with Crippen LogP contribution in [0.2, 0.25) is 0 Å². The molecule has 164 valence electrons. The molecule has 0 radical (unpaired) electrons. The minimum atomic E-state index is -4.06. The highest BCUT2D eigenvalue weighted by Crippen LogP contribution is 2.67. The first-order valence-corrected chi connectivity index (χ1v) is 11.8. The summed E-state index contributed by atoms with van der Waals surface area (Å²) in [7, 11) is -4.06. The van der Waals surface area contributed by atoms with Crippen LogP contribution in [-0.2, 0) is 34.7 Å². The van der Waals surface area contributed by atoms with Gasteiger partial charge in [-0.25, -0.2) is 0 Å². The molecule has 0 saturated carbocycles. The van der Waals surface area contributed by atoms with E-state index in [0.29, 0.717) is 5.56 Å². The molecule has 0 heterocycles. The van der Waals surface area contributed by atoms with Crippen molar-refractivity contribution in [1.29, 1.82) is 0 Å². The molecule has 0 aliphatic rings. The summed E-state index contributed by atoms with van der Waals surface area (Å²) in [6.07, 6.45) is -0.860. The molecule has 30 heavy (non-hydrogen) atoms. The molecule has 0 fully saturated rings. The molecular weight excluding hydrogens is 403 g/mol. The summed E-state index contributed by atoms with van der Waals surface area (Å²) >= 11 is 0. The Morgan fingerprint density at radius 2 is 1.47 bits per heavy atom. The van der Waals surface area contributed by atoms with E-state index >= 15 is 0 Å². The number of carbonyl (C=O) groups is 1. The molecule has 2 atom stereocenters. The topological polar surface area (TPSA) is 82.1 Å². The lowest BCUT2D eigenvalue weighted by molar-refractivity contribution is -0.148. The quantitative estimate of drug-likeness (QED) is 0.385. The first kappa shape index (κ1) is 24.3. The molecular formula is C23H31O6P. The standard InChI is InChI=1S/C23H31O6P/c1-4-27-22(25)23(20-15-11-8-12-16-20,30(26,28-5-2)29-6-3)18-21(24)17-19-13-9-7-10-14-19/h7-16,21,24H,4-6,17-18H2,1-3H3. The molecule has 0 amide bonds. The van der Waals surface area contributed by atoms with Gasteiger partial charge in [0, 0.05) is 6.42 Å². The van der Waals surface area contributed by atoms with Gasteiger partial charge in [-0.3, -0.25) is 9.36 Å². The van der Waals surface area contributed by atoms with Crippen molar-refractivity contribution in [3.05, 3.63) is 71.8 Å². The van der Waals surface area contributed by atoms with Crippen LogP contribution in [-0.4, -0.2) is 37.0 Å². The second kappa shape index (κ2) is 11.4. The normalized spacial score (nSPS) is 14.7. The maximum atomic E-state index is 14.1. The Kier molecular flexibility index (Phi) is 9.25. The van der Waals surface area contributed by atoms with Crippen LogP contribution in [0.25, 0.3) is 0 Å². The van der Waals surface area contributed by atoms with Crippen molar-refractivity contribution >= 4 is 13.6 Å². The monoisotopic (exact) mass is 434 g/mol. The molecule has 0 aliphatic carbocycles. The second-order valence-corrected chi connectivity index (χ2v) is 9.10. The fourth-order valence-corrected chi connectivity index (χ4v) is 5.94. The van der Waals surface area contributed by atoms with E-state index in [1.165, 1.54) is 0 Å². The third-order valence-electron chi connectivity index (χ3n) is 4.78. The van der Waals surface area contributed by atoms with Crippen LogP contribution in [0.5, 0.6) is 0 Å². The molecule has 0 aliphatic heterocycles. The summed E-state index contributed by atoms with van der Waals surface area (Å²) < 4.78 is 30.7. The van der Waals surface area contributed by atoms with Crippen molar-refractivity contribution in [2.24, 2.45) is 0 Å². The fourth-order valence-electron chi connectivity index (χ4n) is 3.56. The van der Waals surface area contributed by atoms with Crippen molar-refractivity contribution < 1.29 is 28.3 Å². The maximum Gasteiger partial charge on any atom is 0.352 e. The molecule has 2 aromatic rings. The van der Waals surface area contributed by atoms with Gasteiger partial charge in [0.05, 0.1) is 25.9 Å². The smallest absolute Gasteiger partial charge is 0.352 e. The summed E-state index contributed by atoms with van der Waals surface area (Å²) in [6, 6.07) is 18.1. The predicted molar refractivity (Wildman–Crippen MR) is 116 cm³/mol. The highest BCUT2D eigenvalue weighted by molar-refractivity contribution is 7.56. The molecule has 1 N–H and O–H groups in total. The Balaban J connectivity index is 2.60. The summed E-state index contributed by atoms with van der Waals surface area (Å²) in [5, 5.41) is 9.19. The minimum absolute atomic E-state index is 0.0834. The van der Waals surface area contributed by atoms with Gasteiger partial charge in [0.2, 0.25) is 0 Å². The van der Waals surface area contributed by atoms with E-state index in [9.17, 15) is 14.5 Å². The molecule has 0 aromatic heterocycles. The van der Waals surface area contributed by atoms with E-state index in [2.05, 4.69) is 0 Å². The predicted octanol–water partition coefficient (Wildman–Crippen LogP) is 4.70. The first-order chi connectivity index (χ1) is 14.4. The maximum absolute atomic E-state index is 14.1. The summed E-state index contributed by atoms with van der Waals surface area (Å²) in [4.78, 5) is 13.4. The lowest BCUT2D eigenvalue weighted by atomic mass is 9.89. The van der Waals surface area contributed by atoms with E-state index in [1.807, 2.05) is 30.3 Å². The number of aliphatic hydroxyl groups is 1. The third kappa shape index (κ3) is 5.38.